The van der Waals surface area contributed by atoms with Gasteiger partial charge in [0.1, 0.15) is 0 Å². The van der Waals surface area contributed by atoms with Gasteiger partial charge in [0.15, 0.2) is 0 Å². The average molecular weight is 332 g/mol. The van der Waals surface area contributed by atoms with Crippen molar-refractivity contribution >= 4 is 20.0 Å². The molecular formula is C8H13INO3S-. The van der Waals surface area contributed by atoms with Gasteiger partial charge in [0.05, 0.1) is 0 Å². The Hall–Kier alpha value is 0.180. The van der Waals surface area contributed by atoms with Crippen LogP contribution < -0.4 is 26.3 Å². The molecule has 0 bridgehead atoms. The minimum absolute atomic E-state index is 0.218. The fourth-order valence-corrected chi connectivity index (χ4v) is 2.50. The standard InChI is InChI=1S/C8H13INO3S/c1-5(8(12)14-9)13-7(11)6-3-2-4-10-6/h5-6,9-10H,2-4H2,1H3/q-1/t5-,6-/m0/s1/i9T. The fraction of sp³-hybridized carbons (Fsp3) is 0.750. The molecule has 1 N–H and O–H groups in total. The number of esters is 1. The second-order valence-corrected chi connectivity index (χ2v) is 5.00. The van der Waals surface area contributed by atoms with E-state index in [1.807, 2.05) is 0 Å². The Balaban J connectivity index is 2.33. The van der Waals surface area contributed by atoms with Crippen LogP contribution in [0.3, 0.4) is 0 Å². The number of hydrogen-bond acceptors (Lipinski definition) is 5. The molecule has 0 saturated carbocycles. The molecule has 14 heavy (non-hydrogen) atoms. The zero-order valence-corrected chi connectivity index (χ0v) is 10.8. The molecule has 0 unspecified atom stereocenters. The van der Waals surface area contributed by atoms with Gasteiger partial charge in [-0.3, -0.25) is 0 Å². The molecular weight excluding hydrogens is 317 g/mol. The molecule has 6 heteroatoms. The topological polar surface area (TPSA) is 55.4 Å². The molecule has 1 heterocycles. The van der Waals surface area contributed by atoms with Crippen LogP contribution >= 0.6 is 8.93 Å². The number of nitrogens with one attached hydrogen (secondary N) is 1. The molecule has 82 valence electrons. The van der Waals surface area contributed by atoms with E-state index in [4.69, 9.17) is 5.33 Å². The number of carbonyl (C=O) groups is 2. The summed E-state index contributed by atoms with van der Waals surface area (Å²) in [6.45, 7) is 2.39. The van der Waals surface area contributed by atoms with Crippen molar-refractivity contribution in [1.29, 1.82) is 0.594 Å². The molecule has 2 atom stereocenters. The third kappa shape index (κ3) is 3.39. The van der Waals surface area contributed by atoms with Crippen molar-refractivity contribution in [3.8, 4) is 0 Å². The Morgan fingerprint density at radius 2 is 2.57 bits per heavy atom. The number of hydrogen-bond donors (Lipinski definition) is 1. The Bertz CT molecular complexity index is 248. The quantitative estimate of drug-likeness (QED) is 0.443. The van der Waals surface area contributed by atoms with Gasteiger partial charge in [0.25, 0.3) is 0 Å². The maximum absolute atomic E-state index is 11.5. The Kier molecular flexibility index (Phi) is 4.52. The van der Waals surface area contributed by atoms with E-state index in [-0.39, 0.29) is 17.1 Å². The van der Waals surface area contributed by atoms with E-state index in [2.05, 4.69) is 5.32 Å². The van der Waals surface area contributed by atoms with Gasteiger partial charge in [-0.1, -0.05) is 0 Å². The minimum atomic E-state index is -0.893. The maximum atomic E-state index is 11.5. The number of carbonyl (C=O) groups excluding carboxylic acids is 2. The van der Waals surface area contributed by atoms with Crippen LogP contribution in [0.5, 0.6) is 0 Å². The number of ether oxygens (including phenoxy) is 1. The SMILES string of the molecule is [3H][I-]SC(=O)[C@H](C)OC(=O)[C@@H]1CCCN1. The first-order chi connectivity index (χ1) is 7.15. The van der Waals surface area contributed by atoms with Crippen LogP contribution in [-0.4, -0.2) is 30.4 Å². The van der Waals surface area contributed by atoms with Gasteiger partial charge in [-0.15, -0.1) is 0 Å². The summed E-state index contributed by atoms with van der Waals surface area (Å²) in [7, 11) is 0.964. The van der Waals surface area contributed by atoms with Gasteiger partial charge in [-0.25, -0.2) is 0 Å². The summed E-state index contributed by atoms with van der Waals surface area (Å²) in [5.41, 5.74) is 0. The summed E-state index contributed by atoms with van der Waals surface area (Å²) in [5.74, 6) is -0.350. The molecule has 0 aliphatic carbocycles. The van der Waals surface area contributed by atoms with Crippen LogP contribution in [0, 0.1) is 0 Å². The van der Waals surface area contributed by atoms with Crippen molar-refractivity contribution in [2.24, 2.45) is 0 Å². The van der Waals surface area contributed by atoms with Crippen LogP contribution in [0.4, 0.5) is 0 Å². The fourth-order valence-electron chi connectivity index (χ4n) is 1.25. The van der Waals surface area contributed by atoms with Gasteiger partial charge in [-0.05, 0) is 0 Å². The van der Waals surface area contributed by atoms with E-state index >= 15 is 0 Å². The van der Waals surface area contributed by atoms with Crippen LogP contribution in [0.2, 0.25) is 0 Å². The molecule has 1 fully saturated rings. The summed E-state index contributed by atoms with van der Waals surface area (Å²) in [6.07, 6.45) is 1.02. The predicted molar refractivity (Wildman–Crippen MR) is 50.6 cm³/mol. The third-order valence-corrected chi connectivity index (χ3v) is 3.83. The van der Waals surface area contributed by atoms with Gasteiger partial charge in [-0.2, -0.15) is 0 Å². The molecule has 4 nitrogen and oxygen atoms in total. The van der Waals surface area contributed by atoms with E-state index in [0.29, 0.717) is 0 Å². The van der Waals surface area contributed by atoms with Crippen LogP contribution in [0.25, 0.3) is 0 Å². The van der Waals surface area contributed by atoms with E-state index in [1.165, 1.54) is 0 Å². The first-order valence-electron chi connectivity index (χ1n) is 4.79. The Morgan fingerprint density at radius 3 is 3.14 bits per heavy atom. The van der Waals surface area contributed by atoms with Crippen molar-refractivity contribution in [3.63, 3.8) is 0 Å². The molecule has 1 rings (SSSR count). The van der Waals surface area contributed by atoms with E-state index in [1.54, 1.807) is 6.92 Å². The zero-order valence-electron chi connectivity index (χ0n) is 8.79. The van der Waals surface area contributed by atoms with E-state index in [0.717, 1.165) is 28.3 Å². The summed E-state index contributed by atoms with van der Waals surface area (Å²) in [4.78, 5) is 22.7. The van der Waals surface area contributed by atoms with Crippen LogP contribution in [0.1, 0.15) is 19.8 Å². The van der Waals surface area contributed by atoms with Crippen molar-refractivity contribution in [2.75, 3.05) is 6.54 Å². The molecule has 0 aromatic carbocycles. The summed E-state index contributed by atoms with van der Waals surface area (Å²) in [6, 6.07) is -0.254. The number of halogens is 1. The molecule has 0 amide bonds. The van der Waals surface area contributed by atoms with Crippen LogP contribution in [-0.2, 0) is 14.3 Å². The first-order valence-corrected chi connectivity index (χ1v) is 7.77. The zero-order chi connectivity index (χ0) is 11.3. The average Bonchev–Trinajstić information content (AvgIpc) is 2.70. The second kappa shape index (κ2) is 5.92. The van der Waals surface area contributed by atoms with Gasteiger partial charge >= 0.3 is 99.7 Å². The summed E-state index contributed by atoms with van der Waals surface area (Å²) in [5, 5.41) is 2.79. The van der Waals surface area contributed by atoms with Crippen molar-refractivity contribution < 1.29 is 35.3 Å². The van der Waals surface area contributed by atoms with E-state index in [9.17, 15) is 9.59 Å². The molecule has 0 radical (unpaired) electrons. The molecule has 1 aliphatic heterocycles. The molecule has 1 saturated heterocycles. The third-order valence-electron chi connectivity index (χ3n) is 2.05. The van der Waals surface area contributed by atoms with E-state index < -0.39 is 27.1 Å². The molecule has 1 aliphatic rings. The summed E-state index contributed by atoms with van der Waals surface area (Å²) >= 11 is -0.893. The predicted octanol–water partition coefficient (Wildman–Crippen LogP) is -2.87. The monoisotopic (exact) mass is 332 g/mol. The molecule has 0 aromatic rings. The molecule has 0 spiro atoms. The van der Waals surface area contributed by atoms with Gasteiger partial charge in [0.2, 0.25) is 0 Å². The first kappa shape index (κ1) is 10.7. The van der Waals surface area contributed by atoms with Crippen molar-refractivity contribution in [2.45, 2.75) is 31.9 Å². The normalized spacial score (nSPS) is 24.4. The van der Waals surface area contributed by atoms with Gasteiger partial charge in [0, 0.05) is 0 Å². The Morgan fingerprint density at radius 1 is 1.79 bits per heavy atom. The van der Waals surface area contributed by atoms with Crippen molar-refractivity contribution in [3.05, 3.63) is 0 Å². The summed E-state index contributed by atoms with van der Waals surface area (Å²) < 4.78 is 12.0. The molecule has 0 aromatic heterocycles. The second-order valence-electron chi connectivity index (χ2n) is 3.12. The van der Waals surface area contributed by atoms with Gasteiger partial charge < -0.3 is 0 Å². The van der Waals surface area contributed by atoms with Crippen LogP contribution in [0.15, 0.2) is 0 Å². The van der Waals surface area contributed by atoms with Crippen molar-refractivity contribution in [1.82, 2.24) is 5.32 Å². The number of rotatable bonds is 4. The Labute approximate surface area is 99.6 Å².